The summed E-state index contributed by atoms with van der Waals surface area (Å²) in [6.45, 7) is 1.98. The van der Waals surface area contributed by atoms with Crippen LogP contribution in [-0.2, 0) is 4.74 Å². The van der Waals surface area contributed by atoms with Crippen molar-refractivity contribution in [2.24, 2.45) is 0 Å². The predicted molar refractivity (Wildman–Crippen MR) is 67.5 cm³/mol. The van der Waals surface area contributed by atoms with Crippen molar-refractivity contribution in [3.05, 3.63) is 16.1 Å². The molecule has 1 rings (SSSR count). The molecule has 0 aliphatic rings. The van der Waals surface area contributed by atoms with E-state index in [0.29, 0.717) is 17.2 Å². The molecule has 1 aromatic heterocycles. The number of aliphatic hydroxyl groups is 2. The number of thiol groups is 1. The molecule has 0 aliphatic carbocycles. The highest BCUT2D eigenvalue weighted by Gasteiger charge is 2.22. The summed E-state index contributed by atoms with van der Waals surface area (Å²) >= 11 is 5.09. The van der Waals surface area contributed by atoms with E-state index in [1.165, 1.54) is 5.38 Å². The fourth-order valence-corrected chi connectivity index (χ4v) is 2.27. The number of nitrogens with zero attached hydrogens (tertiary/aromatic N) is 1. The molecule has 0 spiro atoms. The molecule has 7 heteroatoms. The lowest BCUT2D eigenvalue weighted by Gasteiger charge is -2.13. The number of aromatic nitrogens is 1. The number of carbonyl (C=O) groups is 1. The number of thiazole rings is 1. The molecule has 5 nitrogen and oxygen atoms in total. The Bertz CT molecular complexity index is 369. The molecule has 0 radical (unpaired) electrons. The molecule has 1 heterocycles. The number of ether oxygens (including phenoxy) is 1. The summed E-state index contributed by atoms with van der Waals surface area (Å²) in [5, 5.41) is 21.1. The summed E-state index contributed by atoms with van der Waals surface area (Å²) in [6, 6.07) is 0. The molecular weight excluding hydrogens is 262 g/mol. The average molecular weight is 277 g/mol. The standard InChI is InChI=1S/C10H15NO4S2/c1-2-15-10(14)6-5-17-9(11-6)8(13)7(12)3-4-16/h5,7-8,12-13,16H,2-4H2,1H3. The molecule has 0 fully saturated rings. The highest BCUT2D eigenvalue weighted by Crippen LogP contribution is 2.23. The molecule has 0 aromatic carbocycles. The van der Waals surface area contributed by atoms with Gasteiger partial charge in [-0.1, -0.05) is 0 Å². The highest BCUT2D eigenvalue weighted by atomic mass is 32.1. The Morgan fingerprint density at radius 1 is 1.65 bits per heavy atom. The van der Waals surface area contributed by atoms with Crippen molar-refractivity contribution in [2.45, 2.75) is 25.6 Å². The number of aliphatic hydroxyl groups excluding tert-OH is 2. The lowest BCUT2D eigenvalue weighted by atomic mass is 10.1. The van der Waals surface area contributed by atoms with Crippen molar-refractivity contribution in [3.63, 3.8) is 0 Å². The first-order valence-electron chi connectivity index (χ1n) is 5.19. The zero-order chi connectivity index (χ0) is 12.8. The van der Waals surface area contributed by atoms with Gasteiger partial charge in [0.05, 0.1) is 12.7 Å². The largest absolute Gasteiger partial charge is 0.461 e. The van der Waals surface area contributed by atoms with Crippen LogP contribution in [-0.4, -0.2) is 39.6 Å². The van der Waals surface area contributed by atoms with Gasteiger partial charge in [-0.05, 0) is 19.1 Å². The topological polar surface area (TPSA) is 79.7 Å². The Labute approximate surface area is 109 Å². The van der Waals surface area contributed by atoms with Gasteiger partial charge < -0.3 is 14.9 Å². The minimum atomic E-state index is -1.09. The van der Waals surface area contributed by atoms with Gasteiger partial charge in [-0.3, -0.25) is 0 Å². The van der Waals surface area contributed by atoms with Crippen LogP contribution in [0.5, 0.6) is 0 Å². The van der Waals surface area contributed by atoms with Crippen molar-refractivity contribution in [1.29, 1.82) is 0 Å². The van der Waals surface area contributed by atoms with Crippen LogP contribution in [0.3, 0.4) is 0 Å². The third kappa shape index (κ3) is 3.95. The highest BCUT2D eigenvalue weighted by molar-refractivity contribution is 7.80. The van der Waals surface area contributed by atoms with Gasteiger partial charge in [-0.15, -0.1) is 11.3 Å². The van der Waals surface area contributed by atoms with Gasteiger partial charge in [0.2, 0.25) is 0 Å². The van der Waals surface area contributed by atoms with Crippen molar-refractivity contribution in [2.75, 3.05) is 12.4 Å². The Kier molecular flexibility index (Phi) is 5.90. The summed E-state index contributed by atoms with van der Waals surface area (Å²) in [7, 11) is 0. The molecule has 1 aromatic rings. The van der Waals surface area contributed by atoms with Crippen molar-refractivity contribution in [1.82, 2.24) is 4.98 Å². The van der Waals surface area contributed by atoms with Crippen molar-refractivity contribution >= 4 is 29.9 Å². The van der Waals surface area contributed by atoms with E-state index in [1.807, 2.05) is 0 Å². The van der Waals surface area contributed by atoms with Crippen LogP contribution in [0.15, 0.2) is 5.38 Å². The normalized spacial score (nSPS) is 14.4. The fourth-order valence-electron chi connectivity index (χ4n) is 1.18. The van der Waals surface area contributed by atoms with E-state index in [1.54, 1.807) is 6.92 Å². The van der Waals surface area contributed by atoms with Crippen LogP contribution in [0.2, 0.25) is 0 Å². The van der Waals surface area contributed by atoms with Crippen LogP contribution in [0.25, 0.3) is 0 Å². The molecule has 0 saturated carbocycles. The molecule has 0 aliphatic heterocycles. The van der Waals surface area contributed by atoms with Gasteiger partial charge in [0.25, 0.3) is 0 Å². The van der Waals surface area contributed by atoms with E-state index in [4.69, 9.17) is 4.74 Å². The Morgan fingerprint density at radius 2 is 2.35 bits per heavy atom. The van der Waals surface area contributed by atoms with Gasteiger partial charge in [0, 0.05) is 5.38 Å². The summed E-state index contributed by atoms with van der Waals surface area (Å²) in [5.41, 5.74) is 0.156. The van der Waals surface area contributed by atoms with Gasteiger partial charge in [-0.2, -0.15) is 12.6 Å². The number of hydrogen-bond acceptors (Lipinski definition) is 7. The third-order valence-electron chi connectivity index (χ3n) is 2.05. The van der Waals surface area contributed by atoms with Gasteiger partial charge >= 0.3 is 5.97 Å². The molecule has 0 bridgehead atoms. The first kappa shape index (κ1) is 14.4. The van der Waals surface area contributed by atoms with E-state index in [-0.39, 0.29) is 12.3 Å². The number of carbonyl (C=O) groups excluding carboxylic acids is 1. The van der Waals surface area contributed by atoms with Gasteiger partial charge in [0.15, 0.2) is 5.69 Å². The quantitative estimate of drug-likeness (QED) is 0.535. The smallest absolute Gasteiger partial charge is 0.357 e. The van der Waals surface area contributed by atoms with E-state index < -0.39 is 18.2 Å². The SMILES string of the molecule is CCOC(=O)c1csc(C(O)C(O)CCS)n1. The number of rotatable bonds is 6. The minimum absolute atomic E-state index is 0.156. The fraction of sp³-hybridized carbons (Fsp3) is 0.600. The molecule has 2 N–H and O–H groups in total. The first-order valence-corrected chi connectivity index (χ1v) is 6.70. The van der Waals surface area contributed by atoms with Gasteiger partial charge in [-0.25, -0.2) is 9.78 Å². The molecule has 96 valence electrons. The summed E-state index contributed by atoms with van der Waals surface area (Å²) in [4.78, 5) is 15.3. The summed E-state index contributed by atoms with van der Waals surface area (Å²) in [5.74, 6) is -0.0557. The van der Waals surface area contributed by atoms with E-state index >= 15 is 0 Å². The lowest BCUT2D eigenvalue weighted by molar-refractivity contribution is 0.0169. The molecule has 0 amide bonds. The number of hydrogen-bond donors (Lipinski definition) is 3. The zero-order valence-corrected chi connectivity index (χ0v) is 11.1. The van der Waals surface area contributed by atoms with Crippen molar-refractivity contribution in [3.8, 4) is 0 Å². The lowest BCUT2D eigenvalue weighted by Crippen LogP contribution is -2.18. The average Bonchev–Trinajstić information content (AvgIpc) is 2.78. The van der Waals surface area contributed by atoms with Crippen LogP contribution < -0.4 is 0 Å². The molecule has 0 saturated heterocycles. The Morgan fingerprint density at radius 3 is 2.94 bits per heavy atom. The Balaban J connectivity index is 2.70. The maximum absolute atomic E-state index is 11.3. The maximum Gasteiger partial charge on any atom is 0.357 e. The zero-order valence-electron chi connectivity index (χ0n) is 9.37. The molecule has 17 heavy (non-hydrogen) atoms. The predicted octanol–water partition coefficient (Wildman–Crippen LogP) is 1.03. The second-order valence-corrected chi connectivity index (χ2v) is 4.65. The van der Waals surface area contributed by atoms with Crippen LogP contribution in [0.4, 0.5) is 0 Å². The van der Waals surface area contributed by atoms with E-state index in [9.17, 15) is 15.0 Å². The summed E-state index contributed by atoms with van der Waals surface area (Å²) in [6.07, 6.45) is -1.65. The monoisotopic (exact) mass is 277 g/mol. The van der Waals surface area contributed by atoms with Crippen LogP contribution >= 0.6 is 24.0 Å². The molecule has 2 unspecified atom stereocenters. The van der Waals surface area contributed by atoms with Gasteiger partial charge in [0.1, 0.15) is 11.1 Å². The third-order valence-corrected chi connectivity index (χ3v) is 3.22. The van der Waals surface area contributed by atoms with E-state index in [0.717, 1.165) is 11.3 Å². The second kappa shape index (κ2) is 6.95. The molecular formula is C10H15NO4S2. The van der Waals surface area contributed by atoms with Crippen LogP contribution in [0, 0.1) is 0 Å². The van der Waals surface area contributed by atoms with E-state index in [2.05, 4.69) is 17.6 Å². The van der Waals surface area contributed by atoms with Crippen molar-refractivity contribution < 1.29 is 19.7 Å². The maximum atomic E-state index is 11.3. The Hall–Kier alpha value is -0.630. The first-order chi connectivity index (χ1) is 8.10. The summed E-state index contributed by atoms with van der Waals surface area (Å²) < 4.78 is 4.78. The molecule has 2 atom stereocenters. The van der Waals surface area contributed by atoms with Crippen LogP contribution in [0.1, 0.15) is 34.9 Å². The minimum Gasteiger partial charge on any atom is -0.461 e. The second-order valence-electron chi connectivity index (χ2n) is 3.32. The number of esters is 1.